The number of benzene rings is 1. The van der Waals surface area contributed by atoms with Crippen molar-refractivity contribution in [3.63, 3.8) is 0 Å². The highest BCUT2D eigenvalue weighted by atomic mass is 16.2. The van der Waals surface area contributed by atoms with Crippen molar-refractivity contribution in [2.24, 2.45) is 5.73 Å². The molecule has 0 fully saturated rings. The van der Waals surface area contributed by atoms with Crippen LogP contribution in [0.15, 0.2) is 48.7 Å². The van der Waals surface area contributed by atoms with E-state index in [1.54, 1.807) is 18.3 Å². The second-order valence-electron chi connectivity index (χ2n) is 4.23. The van der Waals surface area contributed by atoms with E-state index in [1.807, 2.05) is 30.3 Å². The van der Waals surface area contributed by atoms with Crippen molar-refractivity contribution in [1.29, 1.82) is 0 Å². The van der Waals surface area contributed by atoms with Crippen LogP contribution >= 0.6 is 0 Å². The Morgan fingerprint density at radius 3 is 2.68 bits per heavy atom. The zero-order chi connectivity index (χ0) is 13.5. The van der Waals surface area contributed by atoms with E-state index in [9.17, 15) is 4.79 Å². The summed E-state index contributed by atoms with van der Waals surface area (Å²) in [4.78, 5) is 11.8. The lowest BCUT2D eigenvalue weighted by Crippen LogP contribution is -2.41. The number of nitrogens with zero attached hydrogens (tertiary/aromatic N) is 2. The first kappa shape index (κ1) is 13.2. The Hall–Kier alpha value is -2.27. The van der Waals surface area contributed by atoms with Gasteiger partial charge in [-0.1, -0.05) is 30.3 Å². The SMILES string of the molecule is N[C@@H](Cc1ccccc1)C(=O)NCc1cccnn1. The Bertz CT molecular complexity index is 515. The number of rotatable bonds is 5. The normalized spacial score (nSPS) is 11.8. The standard InChI is InChI=1S/C14H16N4O/c15-13(9-11-5-2-1-3-6-11)14(19)16-10-12-7-4-8-17-18-12/h1-8,13H,9-10,15H2,(H,16,19)/t13-/m0/s1. The molecule has 98 valence electrons. The average Bonchev–Trinajstić information content (AvgIpc) is 2.47. The topological polar surface area (TPSA) is 80.9 Å². The summed E-state index contributed by atoms with van der Waals surface area (Å²) < 4.78 is 0. The summed E-state index contributed by atoms with van der Waals surface area (Å²) in [6, 6.07) is 12.7. The summed E-state index contributed by atoms with van der Waals surface area (Å²) in [5.41, 5.74) is 7.62. The minimum Gasteiger partial charge on any atom is -0.349 e. The van der Waals surface area contributed by atoms with Gasteiger partial charge in [0.1, 0.15) is 0 Å². The van der Waals surface area contributed by atoms with E-state index in [0.29, 0.717) is 18.7 Å². The maximum atomic E-state index is 11.8. The van der Waals surface area contributed by atoms with Crippen LogP contribution in [-0.4, -0.2) is 22.1 Å². The minimum absolute atomic E-state index is 0.186. The molecule has 1 heterocycles. The molecule has 3 N–H and O–H groups in total. The molecule has 5 nitrogen and oxygen atoms in total. The molecule has 2 aromatic rings. The molecule has 1 aromatic heterocycles. The quantitative estimate of drug-likeness (QED) is 0.823. The number of carbonyl (C=O) groups excluding carboxylic acids is 1. The highest BCUT2D eigenvalue weighted by Gasteiger charge is 2.13. The van der Waals surface area contributed by atoms with Gasteiger partial charge in [-0.2, -0.15) is 10.2 Å². The molecule has 2 rings (SSSR count). The lowest BCUT2D eigenvalue weighted by molar-refractivity contribution is -0.122. The fraction of sp³-hybridized carbons (Fsp3) is 0.214. The molecule has 1 atom stereocenters. The zero-order valence-corrected chi connectivity index (χ0v) is 10.5. The molecule has 19 heavy (non-hydrogen) atoms. The van der Waals surface area contributed by atoms with Crippen molar-refractivity contribution in [2.75, 3.05) is 0 Å². The number of nitrogens with two attached hydrogens (primary N) is 1. The molecule has 1 aromatic carbocycles. The lowest BCUT2D eigenvalue weighted by atomic mass is 10.1. The van der Waals surface area contributed by atoms with Crippen molar-refractivity contribution in [2.45, 2.75) is 19.0 Å². The molecule has 0 bridgehead atoms. The van der Waals surface area contributed by atoms with Crippen molar-refractivity contribution >= 4 is 5.91 Å². The molecule has 0 spiro atoms. The van der Waals surface area contributed by atoms with E-state index in [0.717, 1.165) is 5.56 Å². The van der Waals surface area contributed by atoms with E-state index < -0.39 is 6.04 Å². The first-order chi connectivity index (χ1) is 9.25. The first-order valence-corrected chi connectivity index (χ1v) is 6.09. The predicted octanol–water partition coefficient (Wildman–Crippen LogP) is 0.663. The van der Waals surface area contributed by atoms with Crippen LogP contribution in [0.4, 0.5) is 0 Å². The summed E-state index contributed by atoms with van der Waals surface area (Å²) in [5, 5.41) is 10.4. The van der Waals surface area contributed by atoms with Crippen LogP contribution in [0.25, 0.3) is 0 Å². The summed E-state index contributed by atoms with van der Waals surface area (Å²) in [7, 11) is 0. The summed E-state index contributed by atoms with van der Waals surface area (Å²) in [6.45, 7) is 0.342. The van der Waals surface area contributed by atoms with Gasteiger partial charge in [-0.15, -0.1) is 0 Å². The van der Waals surface area contributed by atoms with Crippen molar-refractivity contribution < 1.29 is 4.79 Å². The van der Waals surface area contributed by atoms with Crippen LogP contribution in [0.1, 0.15) is 11.3 Å². The Kier molecular flexibility index (Phi) is 4.58. The van der Waals surface area contributed by atoms with E-state index >= 15 is 0 Å². The Labute approximate surface area is 111 Å². The molecule has 0 aliphatic heterocycles. The third-order valence-corrected chi connectivity index (χ3v) is 2.71. The maximum Gasteiger partial charge on any atom is 0.237 e. The van der Waals surface area contributed by atoms with Gasteiger partial charge in [0.25, 0.3) is 0 Å². The van der Waals surface area contributed by atoms with Gasteiger partial charge in [0.15, 0.2) is 0 Å². The lowest BCUT2D eigenvalue weighted by Gasteiger charge is -2.11. The maximum absolute atomic E-state index is 11.8. The highest BCUT2D eigenvalue weighted by molar-refractivity contribution is 5.81. The summed E-state index contributed by atoms with van der Waals surface area (Å²) in [6.07, 6.45) is 2.11. The van der Waals surface area contributed by atoms with Gasteiger partial charge in [0.05, 0.1) is 18.3 Å². The molecule has 1 amide bonds. The largest absolute Gasteiger partial charge is 0.349 e. The number of hydrogen-bond donors (Lipinski definition) is 2. The van der Waals surface area contributed by atoms with Gasteiger partial charge in [-0.25, -0.2) is 0 Å². The van der Waals surface area contributed by atoms with Gasteiger partial charge >= 0.3 is 0 Å². The Morgan fingerprint density at radius 2 is 2.00 bits per heavy atom. The van der Waals surface area contributed by atoms with E-state index in [-0.39, 0.29) is 5.91 Å². The van der Waals surface area contributed by atoms with Gasteiger partial charge in [0.2, 0.25) is 5.91 Å². The Balaban J connectivity index is 1.83. The van der Waals surface area contributed by atoms with Crippen LogP contribution in [0.5, 0.6) is 0 Å². The van der Waals surface area contributed by atoms with E-state index in [2.05, 4.69) is 15.5 Å². The van der Waals surface area contributed by atoms with Crippen LogP contribution in [-0.2, 0) is 17.8 Å². The summed E-state index contributed by atoms with van der Waals surface area (Å²) >= 11 is 0. The third kappa shape index (κ3) is 4.15. The average molecular weight is 256 g/mol. The van der Waals surface area contributed by atoms with Gasteiger partial charge in [-0.05, 0) is 24.1 Å². The fourth-order valence-corrected chi connectivity index (χ4v) is 1.70. The molecule has 0 aliphatic rings. The smallest absolute Gasteiger partial charge is 0.237 e. The highest BCUT2D eigenvalue weighted by Crippen LogP contribution is 2.02. The molecule has 0 unspecified atom stereocenters. The van der Waals surface area contributed by atoms with Crippen LogP contribution in [0.2, 0.25) is 0 Å². The van der Waals surface area contributed by atoms with Gasteiger partial charge in [-0.3, -0.25) is 4.79 Å². The van der Waals surface area contributed by atoms with Crippen LogP contribution in [0.3, 0.4) is 0 Å². The molecule has 5 heteroatoms. The van der Waals surface area contributed by atoms with E-state index in [4.69, 9.17) is 5.73 Å². The van der Waals surface area contributed by atoms with Gasteiger partial charge < -0.3 is 11.1 Å². The first-order valence-electron chi connectivity index (χ1n) is 6.09. The molecular weight excluding hydrogens is 240 g/mol. The Morgan fingerprint density at radius 1 is 1.21 bits per heavy atom. The number of nitrogens with one attached hydrogen (secondary N) is 1. The van der Waals surface area contributed by atoms with E-state index in [1.165, 1.54) is 0 Å². The van der Waals surface area contributed by atoms with Crippen molar-refractivity contribution in [1.82, 2.24) is 15.5 Å². The fourth-order valence-electron chi connectivity index (χ4n) is 1.70. The molecule has 0 saturated carbocycles. The summed E-state index contributed by atoms with van der Waals surface area (Å²) in [5.74, 6) is -0.186. The molecule has 0 aliphatic carbocycles. The van der Waals surface area contributed by atoms with Crippen molar-refractivity contribution in [3.05, 3.63) is 59.9 Å². The molecule has 0 saturated heterocycles. The zero-order valence-electron chi connectivity index (χ0n) is 10.5. The number of hydrogen-bond acceptors (Lipinski definition) is 4. The number of aromatic nitrogens is 2. The monoisotopic (exact) mass is 256 g/mol. The number of carbonyl (C=O) groups is 1. The third-order valence-electron chi connectivity index (χ3n) is 2.71. The number of amides is 1. The molecule has 0 radical (unpaired) electrons. The molecular formula is C14H16N4O. The second kappa shape index (κ2) is 6.61. The van der Waals surface area contributed by atoms with Crippen LogP contribution < -0.4 is 11.1 Å². The minimum atomic E-state index is -0.556. The second-order valence-corrected chi connectivity index (χ2v) is 4.23. The van der Waals surface area contributed by atoms with Gasteiger partial charge in [0, 0.05) is 6.20 Å². The predicted molar refractivity (Wildman–Crippen MR) is 72.0 cm³/mol. The van der Waals surface area contributed by atoms with Crippen molar-refractivity contribution in [3.8, 4) is 0 Å². The van der Waals surface area contributed by atoms with Crippen LogP contribution in [0, 0.1) is 0 Å².